The lowest BCUT2D eigenvalue weighted by Gasteiger charge is -2.12. The lowest BCUT2D eigenvalue weighted by atomic mass is 10.2. The van der Waals surface area contributed by atoms with E-state index in [1.54, 1.807) is 47.4 Å². The normalized spacial score (nSPS) is 11.1. The molecule has 0 unspecified atom stereocenters. The fourth-order valence-corrected chi connectivity index (χ4v) is 3.80. The monoisotopic (exact) mass is 449 g/mol. The number of pyridine rings is 1. The average molecular weight is 449 g/mol. The third-order valence-electron chi connectivity index (χ3n) is 4.72. The van der Waals surface area contributed by atoms with Crippen molar-refractivity contribution in [2.24, 2.45) is 7.05 Å². The molecule has 6 nitrogen and oxygen atoms in total. The number of nitrogens with one attached hydrogen (secondary N) is 1. The molecule has 1 N–H and O–H groups in total. The number of aryl methyl sites for hydroxylation is 1. The van der Waals surface area contributed by atoms with Crippen LogP contribution in [-0.2, 0) is 7.05 Å². The summed E-state index contributed by atoms with van der Waals surface area (Å²) in [6, 6.07) is 14.3. The molecule has 2 aromatic carbocycles. The van der Waals surface area contributed by atoms with Gasteiger partial charge >= 0.3 is 0 Å². The Bertz CT molecular complexity index is 1400. The minimum atomic E-state index is -0.518. The molecule has 3 heterocycles. The fourth-order valence-electron chi connectivity index (χ4n) is 3.17. The Kier molecular flexibility index (Phi) is 5.24. The predicted octanol–water partition coefficient (Wildman–Crippen LogP) is 5.92. The van der Waals surface area contributed by atoms with Gasteiger partial charge in [0.15, 0.2) is 17.3 Å². The van der Waals surface area contributed by atoms with Crippen molar-refractivity contribution in [3.63, 3.8) is 0 Å². The molecule has 0 saturated heterocycles. The summed E-state index contributed by atoms with van der Waals surface area (Å²) < 4.78 is 40.3. The Labute approximate surface area is 186 Å². The summed E-state index contributed by atoms with van der Waals surface area (Å²) in [6.45, 7) is 0. The highest BCUT2D eigenvalue weighted by atomic mass is 32.2. The first-order valence-corrected chi connectivity index (χ1v) is 10.5. The maximum atomic E-state index is 14.8. The predicted molar refractivity (Wildman–Crippen MR) is 120 cm³/mol. The van der Waals surface area contributed by atoms with E-state index in [9.17, 15) is 8.78 Å². The van der Waals surface area contributed by atoms with Gasteiger partial charge in [0, 0.05) is 41.7 Å². The molecule has 0 aliphatic heterocycles. The van der Waals surface area contributed by atoms with Crippen molar-refractivity contribution >= 4 is 23.2 Å². The molecule has 160 valence electrons. The molecule has 0 fully saturated rings. The van der Waals surface area contributed by atoms with Crippen LogP contribution in [0.15, 0.2) is 84.4 Å². The Morgan fingerprint density at radius 1 is 0.969 bits per heavy atom. The van der Waals surface area contributed by atoms with Crippen molar-refractivity contribution in [2.75, 3.05) is 4.72 Å². The second-order valence-corrected chi connectivity index (χ2v) is 7.96. The maximum absolute atomic E-state index is 14.8. The molecular weight excluding hydrogens is 432 g/mol. The van der Waals surface area contributed by atoms with Gasteiger partial charge in [0.2, 0.25) is 0 Å². The van der Waals surface area contributed by atoms with Gasteiger partial charge in [-0.3, -0.25) is 0 Å². The molecule has 9 heteroatoms. The fraction of sp³-hybridized carbons (Fsp3) is 0.0435. The van der Waals surface area contributed by atoms with Gasteiger partial charge in [-0.1, -0.05) is 0 Å². The van der Waals surface area contributed by atoms with Crippen molar-refractivity contribution in [1.82, 2.24) is 19.2 Å². The largest absolute Gasteiger partial charge is 0.452 e. The molecule has 3 aromatic heterocycles. The van der Waals surface area contributed by atoms with E-state index in [-0.39, 0.29) is 11.6 Å². The highest BCUT2D eigenvalue weighted by Gasteiger charge is 2.13. The Hall–Kier alpha value is -3.85. The first-order chi connectivity index (χ1) is 15.5. The van der Waals surface area contributed by atoms with Crippen LogP contribution in [0.2, 0.25) is 0 Å². The number of nitrogens with zero attached hydrogens (tertiary/aromatic N) is 4. The van der Waals surface area contributed by atoms with E-state index in [1.807, 2.05) is 30.1 Å². The number of fused-ring (bicyclic) bond motifs is 1. The van der Waals surface area contributed by atoms with Gasteiger partial charge in [-0.2, -0.15) is 5.10 Å². The molecule has 5 aromatic rings. The molecule has 32 heavy (non-hydrogen) atoms. The van der Waals surface area contributed by atoms with E-state index in [2.05, 4.69) is 14.8 Å². The summed E-state index contributed by atoms with van der Waals surface area (Å²) in [4.78, 5) is 5.17. The van der Waals surface area contributed by atoms with Crippen molar-refractivity contribution in [2.45, 2.75) is 4.90 Å². The zero-order chi connectivity index (χ0) is 22.1. The molecule has 5 rings (SSSR count). The van der Waals surface area contributed by atoms with Gasteiger partial charge in [-0.25, -0.2) is 18.3 Å². The van der Waals surface area contributed by atoms with Crippen molar-refractivity contribution in [1.29, 1.82) is 0 Å². The van der Waals surface area contributed by atoms with Gasteiger partial charge in [0.05, 0.1) is 18.2 Å². The van der Waals surface area contributed by atoms with Crippen LogP contribution < -0.4 is 9.46 Å². The topological polar surface area (TPSA) is 56.4 Å². The van der Waals surface area contributed by atoms with Crippen molar-refractivity contribution in [3.05, 3.63) is 91.1 Å². The van der Waals surface area contributed by atoms with Gasteiger partial charge in [-0.05, 0) is 60.5 Å². The van der Waals surface area contributed by atoms with Gasteiger partial charge < -0.3 is 14.0 Å². The van der Waals surface area contributed by atoms with Crippen LogP contribution in [0.25, 0.3) is 16.8 Å². The van der Waals surface area contributed by atoms with E-state index in [4.69, 9.17) is 4.74 Å². The number of imidazole rings is 1. The molecule has 0 spiro atoms. The van der Waals surface area contributed by atoms with Crippen LogP contribution in [-0.4, -0.2) is 19.2 Å². The second-order valence-electron chi connectivity index (χ2n) is 7.08. The summed E-state index contributed by atoms with van der Waals surface area (Å²) in [5.41, 5.74) is 2.82. The van der Waals surface area contributed by atoms with E-state index in [0.717, 1.165) is 16.2 Å². The zero-order valence-electron chi connectivity index (χ0n) is 16.9. The minimum absolute atomic E-state index is 0.0867. The number of hydrogen-bond donors (Lipinski definition) is 1. The first kappa shape index (κ1) is 20.1. The van der Waals surface area contributed by atoms with Crippen LogP contribution in [0, 0.1) is 11.6 Å². The number of ether oxygens (including phenoxy) is 1. The van der Waals surface area contributed by atoms with E-state index < -0.39 is 5.82 Å². The lowest BCUT2D eigenvalue weighted by Crippen LogP contribution is -1.96. The standard InChI is InChI=1S/C23H17F2N5OS/c1-29-13-20(26-14-29)15-10-23(21-8-9-27-30(21)12-15)31-22-7-4-17(11-19(22)25)28-32-18-5-2-16(24)3-6-18/h2-14,28H,1H3. The highest BCUT2D eigenvalue weighted by Crippen LogP contribution is 2.33. The van der Waals surface area contributed by atoms with Crippen LogP contribution >= 0.6 is 11.9 Å². The molecular formula is C23H17F2N5OS. The number of halogens is 2. The quantitative estimate of drug-likeness (QED) is 0.326. The summed E-state index contributed by atoms with van der Waals surface area (Å²) in [5, 5.41) is 4.28. The number of anilines is 1. The summed E-state index contributed by atoms with van der Waals surface area (Å²) in [6.07, 6.45) is 7.09. The molecule has 0 amide bonds. The lowest BCUT2D eigenvalue weighted by molar-refractivity contribution is 0.445. The SMILES string of the molecule is Cn1cnc(-c2cc(Oc3ccc(NSc4ccc(F)cc4)cc3F)c3ccnn3c2)c1. The van der Waals surface area contributed by atoms with Crippen LogP contribution in [0.1, 0.15) is 0 Å². The van der Waals surface area contributed by atoms with Crippen LogP contribution in [0.3, 0.4) is 0 Å². The van der Waals surface area contributed by atoms with Crippen molar-refractivity contribution in [3.8, 4) is 22.8 Å². The van der Waals surface area contributed by atoms with E-state index in [0.29, 0.717) is 17.0 Å². The minimum Gasteiger partial charge on any atom is -0.452 e. The first-order valence-electron chi connectivity index (χ1n) is 9.67. The smallest absolute Gasteiger partial charge is 0.167 e. The summed E-state index contributed by atoms with van der Waals surface area (Å²) in [5.74, 6) is -0.272. The Balaban J connectivity index is 1.39. The number of rotatable bonds is 6. The summed E-state index contributed by atoms with van der Waals surface area (Å²) in [7, 11) is 1.89. The third-order valence-corrected chi connectivity index (χ3v) is 5.57. The molecule has 0 bridgehead atoms. The average Bonchev–Trinajstić information content (AvgIpc) is 3.44. The molecule has 0 radical (unpaired) electrons. The number of aromatic nitrogens is 4. The van der Waals surface area contributed by atoms with E-state index in [1.165, 1.54) is 30.1 Å². The molecule has 0 saturated carbocycles. The summed E-state index contributed by atoms with van der Waals surface area (Å²) >= 11 is 1.26. The molecule has 0 aliphatic carbocycles. The Morgan fingerprint density at radius 3 is 2.56 bits per heavy atom. The molecule has 0 aliphatic rings. The van der Waals surface area contributed by atoms with Crippen LogP contribution in [0.4, 0.5) is 14.5 Å². The van der Waals surface area contributed by atoms with Crippen LogP contribution in [0.5, 0.6) is 11.5 Å². The third kappa shape index (κ3) is 4.15. The van der Waals surface area contributed by atoms with Gasteiger partial charge in [0.1, 0.15) is 11.3 Å². The highest BCUT2D eigenvalue weighted by molar-refractivity contribution is 8.00. The second kappa shape index (κ2) is 8.35. The number of hydrogen-bond acceptors (Lipinski definition) is 5. The maximum Gasteiger partial charge on any atom is 0.167 e. The van der Waals surface area contributed by atoms with Crippen molar-refractivity contribution < 1.29 is 13.5 Å². The zero-order valence-corrected chi connectivity index (χ0v) is 17.7. The van der Waals surface area contributed by atoms with E-state index >= 15 is 0 Å². The Morgan fingerprint density at radius 2 is 1.81 bits per heavy atom. The van der Waals surface area contributed by atoms with Gasteiger partial charge in [-0.15, -0.1) is 0 Å². The van der Waals surface area contributed by atoms with Gasteiger partial charge in [0.25, 0.3) is 0 Å². The number of benzene rings is 2. The molecule has 0 atom stereocenters.